The van der Waals surface area contributed by atoms with Crippen LogP contribution in [0.3, 0.4) is 0 Å². The Morgan fingerprint density at radius 3 is 2.44 bits per heavy atom. The largest absolute Gasteiger partial charge is 0.497 e. The van der Waals surface area contributed by atoms with Crippen LogP contribution >= 0.6 is 0 Å². The van der Waals surface area contributed by atoms with Gasteiger partial charge in [0.15, 0.2) is 5.69 Å². The molecule has 27 heavy (non-hydrogen) atoms. The number of nitrogens with zero attached hydrogens (tertiary/aromatic N) is 3. The molecule has 0 aliphatic carbocycles. The van der Waals surface area contributed by atoms with E-state index in [1.165, 1.54) is 0 Å². The lowest BCUT2D eigenvalue weighted by molar-refractivity contribution is 0.102. The van der Waals surface area contributed by atoms with Gasteiger partial charge in [-0.25, -0.2) is 4.68 Å². The van der Waals surface area contributed by atoms with Crippen LogP contribution in [0, 0.1) is 6.92 Å². The molecule has 0 unspecified atom stereocenters. The predicted octanol–water partition coefficient (Wildman–Crippen LogP) is 4.13. The zero-order valence-electron chi connectivity index (χ0n) is 16.3. The molecule has 1 amide bonds. The van der Waals surface area contributed by atoms with E-state index in [2.05, 4.69) is 42.5 Å². The molecule has 0 aliphatic rings. The molecule has 0 bridgehead atoms. The Morgan fingerprint density at radius 2 is 1.81 bits per heavy atom. The molecule has 1 N–H and O–H groups in total. The number of hydrogen-bond donors (Lipinski definition) is 1. The van der Waals surface area contributed by atoms with Gasteiger partial charge in [0.25, 0.3) is 5.91 Å². The van der Waals surface area contributed by atoms with Crippen molar-refractivity contribution in [3.05, 3.63) is 65.5 Å². The van der Waals surface area contributed by atoms with Crippen molar-refractivity contribution >= 4 is 11.6 Å². The number of nitrogens with one attached hydrogen (secondary N) is 1. The minimum Gasteiger partial charge on any atom is -0.497 e. The SMILES string of the molecule is COc1ccc(-n2nnc(C(=O)Nc3cccc(C(C)(C)C)c3)c2C)cc1. The number of anilines is 1. The minimum absolute atomic E-state index is 0.00809. The van der Waals surface area contributed by atoms with Crippen LogP contribution < -0.4 is 10.1 Å². The van der Waals surface area contributed by atoms with Crippen molar-refractivity contribution in [1.82, 2.24) is 15.0 Å². The van der Waals surface area contributed by atoms with E-state index in [1.807, 2.05) is 49.4 Å². The normalized spacial score (nSPS) is 11.3. The molecular formula is C21H24N4O2. The van der Waals surface area contributed by atoms with E-state index in [0.717, 1.165) is 22.7 Å². The van der Waals surface area contributed by atoms with Crippen molar-refractivity contribution in [3.63, 3.8) is 0 Å². The van der Waals surface area contributed by atoms with Crippen LogP contribution in [0.2, 0.25) is 0 Å². The first-order valence-electron chi connectivity index (χ1n) is 8.78. The standard InChI is InChI=1S/C21H24N4O2/c1-14-19(23-24-25(14)17-9-11-18(27-5)12-10-17)20(26)22-16-8-6-7-15(13-16)21(2,3)4/h6-13H,1-5H3,(H,22,26). The smallest absolute Gasteiger partial charge is 0.278 e. The zero-order valence-corrected chi connectivity index (χ0v) is 16.3. The number of ether oxygens (including phenoxy) is 1. The van der Waals surface area contributed by atoms with Crippen LogP contribution in [0.25, 0.3) is 5.69 Å². The summed E-state index contributed by atoms with van der Waals surface area (Å²) in [5.74, 6) is 0.478. The molecule has 0 fully saturated rings. The molecule has 0 saturated heterocycles. The monoisotopic (exact) mass is 364 g/mol. The summed E-state index contributed by atoms with van der Waals surface area (Å²) in [7, 11) is 1.62. The third-order valence-electron chi connectivity index (χ3n) is 4.41. The van der Waals surface area contributed by atoms with E-state index in [1.54, 1.807) is 11.8 Å². The summed E-state index contributed by atoms with van der Waals surface area (Å²) in [6, 6.07) is 15.3. The molecule has 6 nitrogen and oxygen atoms in total. The molecular weight excluding hydrogens is 340 g/mol. The van der Waals surface area contributed by atoms with E-state index in [4.69, 9.17) is 4.74 Å². The maximum Gasteiger partial charge on any atom is 0.278 e. The predicted molar refractivity (Wildman–Crippen MR) is 106 cm³/mol. The second-order valence-electron chi connectivity index (χ2n) is 7.42. The molecule has 0 spiro atoms. The summed E-state index contributed by atoms with van der Waals surface area (Å²) in [6.45, 7) is 8.24. The highest BCUT2D eigenvalue weighted by Gasteiger charge is 2.19. The Hall–Kier alpha value is -3.15. The second kappa shape index (κ2) is 7.23. The molecule has 3 aromatic rings. The van der Waals surface area contributed by atoms with Crippen molar-refractivity contribution in [3.8, 4) is 11.4 Å². The molecule has 0 radical (unpaired) electrons. The minimum atomic E-state index is -0.279. The van der Waals surface area contributed by atoms with Gasteiger partial charge in [-0.3, -0.25) is 4.79 Å². The Balaban J connectivity index is 1.83. The highest BCUT2D eigenvalue weighted by molar-refractivity contribution is 6.03. The Morgan fingerprint density at radius 1 is 1.11 bits per heavy atom. The van der Waals surface area contributed by atoms with E-state index < -0.39 is 0 Å². The summed E-state index contributed by atoms with van der Waals surface area (Å²) >= 11 is 0. The van der Waals surface area contributed by atoms with Gasteiger partial charge in [0.05, 0.1) is 18.5 Å². The van der Waals surface area contributed by atoms with Crippen LogP contribution in [0.5, 0.6) is 5.75 Å². The fourth-order valence-corrected chi connectivity index (χ4v) is 2.76. The fourth-order valence-electron chi connectivity index (χ4n) is 2.76. The van der Waals surface area contributed by atoms with Crippen LogP contribution in [0.4, 0.5) is 5.69 Å². The van der Waals surface area contributed by atoms with Gasteiger partial charge >= 0.3 is 0 Å². The molecule has 6 heteroatoms. The quantitative estimate of drug-likeness (QED) is 0.756. The maximum absolute atomic E-state index is 12.7. The summed E-state index contributed by atoms with van der Waals surface area (Å²) in [5.41, 5.74) is 3.68. The Kier molecular flexibility index (Phi) is 4.99. The first-order chi connectivity index (χ1) is 12.8. The number of amides is 1. The van der Waals surface area contributed by atoms with Crippen molar-refractivity contribution in [2.75, 3.05) is 12.4 Å². The van der Waals surface area contributed by atoms with Gasteiger partial charge in [-0.15, -0.1) is 5.10 Å². The van der Waals surface area contributed by atoms with Gasteiger partial charge < -0.3 is 10.1 Å². The third kappa shape index (κ3) is 4.00. The average Bonchev–Trinajstić information content (AvgIpc) is 3.03. The Labute approximate surface area is 159 Å². The van der Waals surface area contributed by atoms with Gasteiger partial charge in [-0.05, 0) is 54.3 Å². The summed E-state index contributed by atoms with van der Waals surface area (Å²) in [6.07, 6.45) is 0. The lowest BCUT2D eigenvalue weighted by Crippen LogP contribution is -2.16. The van der Waals surface area contributed by atoms with Gasteiger partial charge in [0.1, 0.15) is 5.75 Å². The number of carbonyl (C=O) groups excluding carboxylic acids is 1. The van der Waals surface area contributed by atoms with E-state index >= 15 is 0 Å². The van der Waals surface area contributed by atoms with Crippen LogP contribution in [0.15, 0.2) is 48.5 Å². The fraction of sp³-hybridized carbons (Fsp3) is 0.286. The molecule has 0 aliphatic heterocycles. The molecule has 0 saturated carbocycles. The topological polar surface area (TPSA) is 69.0 Å². The first-order valence-corrected chi connectivity index (χ1v) is 8.78. The molecule has 3 rings (SSSR count). The lowest BCUT2D eigenvalue weighted by atomic mass is 9.87. The lowest BCUT2D eigenvalue weighted by Gasteiger charge is -2.19. The number of aromatic nitrogens is 3. The number of benzene rings is 2. The average molecular weight is 364 g/mol. The van der Waals surface area contributed by atoms with Gasteiger partial charge in [-0.1, -0.05) is 38.1 Å². The van der Waals surface area contributed by atoms with Gasteiger partial charge in [-0.2, -0.15) is 0 Å². The van der Waals surface area contributed by atoms with Gasteiger partial charge in [0.2, 0.25) is 0 Å². The molecule has 1 heterocycles. The van der Waals surface area contributed by atoms with Crippen molar-refractivity contribution in [1.29, 1.82) is 0 Å². The summed E-state index contributed by atoms with van der Waals surface area (Å²) in [4.78, 5) is 12.7. The van der Waals surface area contributed by atoms with E-state index in [9.17, 15) is 4.79 Å². The van der Waals surface area contributed by atoms with Crippen molar-refractivity contribution in [2.45, 2.75) is 33.1 Å². The maximum atomic E-state index is 12.7. The summed E-state index contributed by atoms with van der Waals surface area (Å²) in [5, 5.41) is 11.1. The number of hydrogen-bond acceptors (Lipinski definition) is 4. The second-order valence-corrected chi connectivity index (χ2v) is 7.42. The molecule has 0 atom stereocenters. The molecule has 1 aromatic heterocycles. The number of carbonyl (C=O) groups is 1. The highest BCUT2D eigenvalue weighted by atomic mass is 16.5. The number of rotatable bonds is 4. The van der Waals surface area contributed by atoms with Gasteiger partial charge in [0, 0.05) is 5.69 Å². The first kappa shape index (κ1) is 18.6. The van der Waals surface area contributed by atoms with Crippen LogP contribution in [0.1, 0.15) is 42.5 Å². The van der Waals surface area contributed by atoms with E-state index in [0.29, 0.717) is 11.4 Å². The van der Waals surface area contributed by atoms with Crippen molar-refractivity contribution in [2.24, 2.45) is 0 Å². The highest BCUT2D eigenvalue weighted by Crippen LogP contribution is 2.25. The Bertz CT molecular complexity index is 953. The van der Waals surface area contributed by atoms with Crippen molar-refractivity contribution < 1.29 is 9.53 Å². The third-order valence-corrected chi connectivity index (χ3v) is 4.41. The molecule has 2 aromatic carbocycles. The van der Waals surface area contributed by atoms with E-state index in [-0.39, 0.29) is 11.3 Å². The molecule has 140 valence electrons. The summed E-state index contributed by atoms with van der Waals surface area (Å²) < 4.78 is 6.81. The zero-order chi connectivity index (χ0) is 19.6. The van der Waals surface area contributed by atoms with Crippen LogP contribution in [-0.4, -0.2) is 28.0 Å². The van der Waals surface area contributed by atoms with Crippen LogP contribution in [-0.2, 0) is 5.41 Å². The number of methoxy groups -OCH3 is 1.